The SMILES string of the molecule is CCN(CC)C(=O)CCNCc1ccn(C(C)C)n1. The van der Waals surface area contributed by atoms with E-state index in [1.807, 2.05) is 35.7 Å². The first-order chi connectivity index (χ1) is 9.08. The molecule has 0 unspecified atom stereocenters. The number of amides is 1. The van der Waals surface area contributed by atoms with Crippen LogP contribution in [0.15, 0.2) is 12.3 Å². The molecule has 1 amide bonds. The van der Waals surface area contributed by atoms with Gasteiger partial charge in [0.15, 0.2) is 0 Å². The Labute approximate surface area is 116 Å². The average Bonchev–Trinajstić information content (AvgIpc) is 2.85. The maximum atomic E-state index is 11.8. The zero-order valence-corrected chi connectivity index (χ0v) is 12.5. The first-order valence-electron chi connectivity index (χ1n) is 7.11. The topological polar surface area (TPSA) is 50.2 Å². The fourth-order valence-corrected chi connectivity index (χ4v) is 1.91. The minimum absolute atomic E-state index is 0.213. The van der Waals surface area contributed by atoms with Gasteiger partial charge in [0.25, 0.3) is 0 Å². The molecule has 0 aliphatic heterocycles. The molecule has 0 fully saturated rings. The molecule has 1 aromatic heterocycles. The highest BCUT2D eigenvalue weighted by molar-refractivity contribution is 5.76. The van der Waals surface area contributed by atoms with E-state index in [1.165, 1.54) is 0 Å². The third-order valence-corrected chi connectivity index (χ3v) is 3.13. The van der Waals surface area contributed by atoms with Gasteiger partial charge in [-0.25, -0.2) is 0 Å². The Hall–Kier alpha value is -1.36. The molecule has 0 aromatic carbocycles. The highest BCUT2D eigenvalue weighted by Gasteiger charge is 2.08. The molecule has 0 saturated carbocycles. The first-order valence-corrected chi connectivity index (χ1v) is 7.11. The van der Waals surface area contributed by atoms with Crippen LogP contribution >= 0.6 is 0 Å². The van der Waals surface area contributed by atoms with Gasteiger partial charge in [-0.15, -0.1) is 0 Å². The van der Waals surface area contributed by atoms with Gasteiger partial charge in [0.1, 0.15) is 0 Å². The molecule has 5 nitrogen and oxygen atoms in total. The zero-order chi connectivity index (χ0) is 14.3. The summed E-state index contributed by atoms with van der Waals surface area (Å²) in [5.41, 5.74) is 1.02. The summed E-state index contributed by atoms with van der Waals surface area (Å²) in [5, 5.41) is 7.72. The van der Waals surface area contributed by atoms with Gasteiger partial charge in [0, 0.05) is 44.8 Å². The van der Waals surface area contributed by atoms with Crippen LogP contribution < -0.4 is 5.32 Å². The number of rotatable bonds is 8. The molecule has 0 aliphatic rings. The summed E-state index contributed by atoms with van der Waals surface area (Å²) in [6.45, 7) is 11.2. The van der Waals surface area contributed by atoms with Gasteiger partial charge in [-0.05, 0) is 33.8 Å². The Balaban J connectivity index is 2.25. The lowest BCUT2D eigenvalue weighted by Crippen LogP contribution is -2.32. The average molecular weight is 266 g/mol. The maximum absolute atomic E-state index is 11.8. The Morgan fingerprint density at radius 3 is 2.63 bits per heavy atom. The van der Waals surface area contributed by atoms with Crippen molar-refractivity contribution in [2.75, 3.05) is 19.6 Å². The van der Waals surface area contributed by atoms with Gasteiger partial charge in [-0.1, -0.05) is 0 Å². The standard InChI is InChI=1S/C14H26N4O/c1-5-17(6-2)14(19)7-9-15-11-13-8-10-18(16-13)12(3)4/h8,10,12,15H,5-7,9,11H2,1-4H3. The number of carbonyl (C=O) groups excluding carboxylic acids is 1. The molecule has 108 valence electrons. The lowest BCUT2D eigenvalue weighted by Gasteiger charge is -2.18. The number of nitrogens with one attached hydrogen (secondary N) is 1. The van der Waals surface area contributed by atoms with Crippen LogP contribution in [0.5, 0.6) is 0 Å². The van der Waals surface area contributed by atoms with E-state index >= 15 is 0 Å². The third kappa shape index (κ3) is 5.03. The van der Waals surface area contributed by atoms with Crippen LogP contribution in [0, 0.1) is 0 Å². The van der Waals surface area contributed by atoms with Gasteiger partial charge in [-0.2, -0.15) is 5.10 Å². The molecule has 0 spiro atoms. The van der Waals surface area contributed by atoms with Crippen molar-refractivity contribution in [2.45, 2.75) is 46.7 Å². The van der Waals surface area contributed by atoms with Gasteiger partial charge < -0.3 is 10.2 Å². The number of nitrogens with zero attached hydrogens (tertiary/aromatic N) is 3. The largest absolute Gasteiger partial charge is 0.343 e. The van der Waals surface area contributed by atoms with Crippen molar-refractivity contribution < 1.29 is 4.79 Å². The molecular formula is C14H26N4O. The minimum Gasteiger partial charge on any atom is -0.343 e. The predicted molar refractivity (Wildman–Crippen MR) is 76.9 cm³/mol. The van der Waals surface area contributed by atoms with Crippen LogP contribution in [0.2, 0.25) is 0 Å². The molecule has 0 atom stereocenters. The molecule has 5 heteroatoms. The minimum atomic E-state index is 0.213. The Morgan fingerprint density at radius 2 is 2.11 bits per heavy atom. The van der Waals surface area contributed by atoms with Gasteiger partial charge in [0.05, 0.1) is 5.69 Å². The highest BCUT2D eigenvalue weighted by atomic mass is 16.2. The molecule has 19 heavy (non-hydrogen) atoms. The van der Waals surface area contributed by atoms with Crippen LogP contribution in [0.25, 0.3) is 0 Å². The van der Waals surface area contributed by atoms with Crippen molar-refractivity contribution in [3.63, 3.8) is 0 Å². The van der Waals surface area contributed by atoms with E-state index in [0.717, 1.165) is 18.8 Å². The van der Waals surface area contributed by atoms with Crippen molar-refractivity contribution in [3.8, 4) is 0 Å². The molecule has 1 heterocycles. The number of hydrogen-bond acceptors (Lipinski definition) is 3. The number of aromatic nitrogens is 2. The van der Waals surface area contributed by atoms with E-state index in [4.69, 9.17) is 0 Å². The van der Waals surface area contributed by atoms with Crippen LogP contribution in [0.4, 0.5) is 0 Å². The summed E-state index contributed by atoms with van der Waals surface area (Å²) in [6.07, 6.45) is 2.54. The molecule has 0 saturated heterocycles. The molecule has 0 radical (unpaired) electrons. The Morgan fingerprint density at radius 1 is 1.42 bits per heavy atom. The first kappa shape index (κ1) is 15.7. The summed E-state index contributed by atoms with van der Waals surface area (Å²) >= 11 is 0. The molecule has 0 aliphatic carbocycles. The monoisotopic (exact) mass is 266 g/mol. The second-order valence-electron chi connectivity index (χ2n) is 4.87. The van der Waals surface area contributed by atoms with Gasteiger partial charge in [-0.3, -0.25) is 9.48 Å². The highest BCUT2D eigenvalue weighted by Crippen LogP contribution is 2.03. The lowest BCUT2D eigenvalue weighted by atomic mass is 10.3. The quantitative estimate of drug-likeness (QED) is 0.730. The number of hydrogen-bond donors (Lipinski definition) is 1. The normalized spacial score (nSPS) is 11.0. The van der Waals surface area contributed by atoms with Crippen molar-refractivity contribution in [3.05, 3.63) is 18.0 Å². The van der Waals surface area contributed by atoms with E-state index in [1.54, 1.807) is 0 Å². The van der Waals surface area contributed by atoms with Crippen LogP contribution in [-0.4, -0.2) is 40.2 Å². The van der Waals surface area contributed by atoms with Crippen LogP contribution in [-0.2, 0) is 11.3 Å². The summed E-state index contributed by atoms with van der Waals surface area (Å²) in [6, 6.07) is 2.40. The van der Waals surface area contributed by atoms with Crippen LogP contribution in [0.1, 0.15) is 45.9 Å². The van der Waals surface area contributed by atoms with E-state index in [9.17, 15) is 4.79 Å². The van der Waals surface area contributed by atoms with E-state index < -0.39 is 0 Å². The lowest BCUT2D eigenvalue weighted by molar-refractivity contribution is -0.130. The summed E-state index contributed by atoms with van der Waals surface area (Å²) in [5.74, 6) is 0.213. The maximum Gasteiger partial charge on any atom is 0.223 e. The molecular weight excluding hydrogens is 240 g/mol. The fraction of sp³-hybridized carbons (Fsp3) is 0.714. The van der Waals surface area contributed by atoms with E-state index in [2.05, 4.69) is 24.3 Å². The Bertz CT molecular complexity index is 383. The Kier molecular flexibility index (Phi) is 6.56. The summed E-state index contributed by atoms with van der Waals surface area (Å²) in [4.78, 5) is 13.6. The predicted octanol–water partition coefficient (Wildman–Crippen LogP) is 1.81. The van der Waals surface area contributed by atoms with Crippen molar-refractivity contribution in [1.29, 1.82) is 0 Å². The van der Waals surface area contributed by atoms with Crippen LogP contribution in [0.3, 0.4) is 0 Å². The van der Waals surface area contributed by atoms with E-state index in [-0.39, 0.29) is 5.91 Å². The number of carbonyl (C=O) groups is 1. The molecule has 1 aromatic rings. The summed E-state index contributed by atoms with van der Waals surface area (Å²) < 4.78 is 1.94. The van der Waals surface area contributed by atoms with Crippen molar-refractivity contribution >= 4 is 5.91 Å². The zero-order valence-electron chi connectivity index (χ0n) is 12.5. The third-order valence-electron chi connectivity index (χ3n) is 3.13. The smallest absolute Gasteiger partial charge is 0.223 e. The molecule has 1 N–H and O–H groups in total. The van der Waals surface area contributed by atoms with E-state index in [0.29, 0.717) is 25.6 Å². The van der Waals surface area contributed by atoms with Crippen molar-refractivity contribution in [2.24, 2.45) is 0 Å². The molecule has 0 bridgehead atoms. The van der Waals surface area contributed by atoms with Gasteiger partial charge >= 0.3 is 0 Å². The van der Waals surface area contributed by atoms with Gasteiger partial charge in [0.2, 0.25) is 5.91 Å². The molecule has 1 rings (SSSR count). The van der Waals surface area contributed by atoms with Crippen molar-refractivity contribution in [1.82, 2.24) is 20.0 Å². The second kappa shape index (κ2) is 7.94. The fourth-order valence-electron chi connectivity index (χ4n) is 1.91. The second-order valence-corrected chi connectivity index (χ2v) is 4.87. The summed E-state index contributed by atoms with van der Waals surface area (Å²) in [7, 11) is 0.